The topological polar surface area (TPSA) is 8.17 Å². The highest BCUT2D eigenvalue weighted by atomic mass is 28.3. The van der Waals surface area contributed by atoms with Crippen molar-refractivity contribution in [3.63, 3.8) is 0 Å². The summed E-state index contributed by atoms with van der Waals surface area (Å²) in [6, 6.07) is 95.1. The summed E-state index contributed by atoms with van der Waals surface area (Å²) in [6.07, 6.45) is 0. The van der Waals surface area contributed by atoms with Crippen LogP contribution in [-0.4, -0.2) is 12.6 Å². The van der Waals surface area contributed by atoms with E-state index in [-0.39, 0.29) is 5.41 Å². The zero-order chi connectivity index (χ0) is 45.4. The molecule has 0 radical (unpaired) electrons. The van der Waals surface area contributed by atoms with Crippen molar-refractivity contribution in [2.45, 2.75) is 19.3 Å². The lowest BCUT2D eigenvalue weighted by Crippen LogP contribution is -2.74. The van der Waals surface area contributed by atoms with Gasteiger partial charge in [0.1, 0.15) is 0 Å². The van der Waals surface area contributed by atoms with E-state index in [1.54, 1.807) is 0 Å². The quantitative estimate of drug-likeness (QED) is 0.0796. The molecule has 2 nitrogen and oxygen atoms in total. The normalized spacial score (nSPS) is 13.0. The van der Waals surface area contributed by atoms with Gasteiger partial charge in [-0.2, -0.15) is 0 Å². The van der Waals surface area contributed by atoms with Crippen LogP contribution in [-0.2, 0) is 5.41 Å². The standard InChI is InChI=1S/C65H48N2Si/c1-65(2)58-43-50(36-39-55(58)56-40-37-54(44-59(56)65)68(51-24-12-5-13-25-51,52-26-14-6-15-27-52)53-28-16-7-17-29-53)66(49-34-31-46(32-35-49)45-19-8-3-9-20-45)60-41-42-62-64-57(60)38-33-47-21-18-30-61(63(47)64)67(62)48-22-10-4-11-23-48/h3-44H,1-2H3. The number of anilines is 3. The van der Waals surface area contributed by atoms with E-state index in [9.17, 15) is 0 Å². The molecule has 0 bridgehead atoms. The first-order valence-corrected chi connectivity index (χ1v) is 25.8. The third kappa shape index (κ3) is 6.02. The molecule has 1 aliphatic carbocycles. The Bertz CT molecular complexity index is 3690. The molecule has 0 unspecified atom stereocenters. The minimum absolute atomic E-state index is 0.278. The van der Waals surface area contributed by atoms with Crippen LogP contribution in [0.3, 0.4) is 0 Å². The van der Waals surface area contributed by atoms with Gasteiger partial charge < -0.3 is 9.47 Å². The zero-order valence-electron chi connectivity index (χ0n) is 38.1. The number of rotatable bonds is 9. The summed E-state index contributed by atoms with van der Waals surface area (Å²) < 4.78 is 2.43. The van der Waals surface area contributed by atoms with E-state index < -0.39 is 8.07 Å². The van der Waals surface area contributed by atoms with Crippen molar-refractivity contribution in [3.05, 3.63) is 266 Å². The van der Waals surface area contributed by atoms with E-state index in [0.29, 0.717) is 0 Å². The third-order valence-electron chi connectivity index (χ3n) is 14.9. The number of benzene rings is 11. The average Bonchev–Trinajstić information content (AvgIpc) is 3.86. The molecular formula is C65H48N2Si. The van der Waals surface area contributed by atoms with E-state index in [4.69, 9.17) is 0 Å². The first-order valence-electron chi connectivity index (χ1n) is 23.8. The maximum Gasteiger partial charge on any atom is 0.179 e. The second-order valence-corrected chi connectivity index (χ2v) is 22.7. The first kappa shape index (κ1) is 40.1. The molecule has 1 aromatic heterocycles. The Morgan fingerprint density at radius 1 is 0.382 bits per heavy atom. The molecule has 12 aromatic rings. The first-order chi connectivity index (χ1) is 33.5. The molecule has 0 saturated carbocycles. The molecule has 11 aromatic carbocycles. The Kier molecular flexibility index (Phi) is 9.25. The van der Waals surface area contributed by atoms with Crippen molar-refractivity contribution in [2.75, 3.05) is 4.90 Å². The molecular weight excluding hydrogens is 837 g/mol. The van der Waals surface area contributed by atoms with Gasteiger partial charge in [0.15, 0.2) is 8.07 Å². The van der Waals surface area contributed by atoms with Gasteiger partial charge in [0, 0.05) is 38.6 Å². The summed E-state index contributed by atoms with van der Waals surface area (Å²) in [5, 5.41) is 10.6. The Labute approximate surface area is 399 Å². The van der Waals surface area contributed by atoms with Gasteiger partial charge in [-0.25, -0.2) is 0 Å². The Morgan fingerprint density at radius 3 is 1.54 bits per heavy atom. The van der Waals surface area contributed by atoms with Gasteiger partial charge in [-0.3, -0.25) is 0 Å². The van der Waals surface area contributed by atoms with Crippen molar-refractivity contribution < 1.29 is 0 Å². The van der Waals surface area contributed by atoms with Crippen molar-refractivity contribution in [1.82, 2.24) is 4.57 Å². The molecule has 0 aliphatic heterocycles. The van der Waals surface area contributed by atoms with Crippen LogP contribution in [0.5, 0.6) is 0 Å². The second-order valence-electron chi connectivity index (χ2n) is 18.8. The van der Waals surface area contributed by atoms with E-state index in [1.165, 1.54) is 92.4 Å². The Morgan fingerprint density at radius 2 is 0.912 bits per heavy atom. The molecule has 13 rings (SSSR count). The highest BCUT2D eigenvalue weighted by Gasteiger charge is 2.44. The predicted octanol–water partition coefficient (Wildman–Crippen LogP) is 14.2. The number of para-hydroxylation sites is 1. The van der Waals surface area contributed by atoms with Gasteiger partial charge >= 0.3 is 0 Å². The van der Waals surface area contributed by atoms with Crippen molar-refractivity contribution in [1.29, 1.82) is 0 Å². The summed E-state index contributed by atoms with van der Waals surface area (Å²) in [5.74, 6) is 0. The minimum Gasteiger partial charge on any atom is -0.310 e. The number of nitrogens with zero attached hydrogens (tertiary/aromatic N) is 2. The summed E-state index contributed by atoms with van der Waals surface area (Å²) in [7, 11) is -2.74. The summed E-state index contributed by atoms with van der Waals surface area (Å²) >= 11 is 0. The molecule has 0 saturated heterocycles. The van der Waals surface area contributed by atoms with Crippen LogP contribution in [0.25, 0.3) is 60.5 Å². The smallest absolute Gasteiger partial charge is 0.179 e. The van der Waals surface area contributed by atoms with E-state index in [0.717, 1.165) is 17.1 Å². The van der Waals surface area contributed by atoms with Crippen LogP contribution in [0.4, 0.5) is 17.1 Å². The van der Waals surface area contributed by atoms with Gasteiger partial charge in [-0.05, 0) is 114 Å². The number of aromatic nitrogens is 1. The maximum absolute atomic E-state index is 2.74. The lowest BCUT2D eigenvalue weighted by molar-refractivity contribution is 0.661. The van der Waals surface area contributed by atoms with Gasteiger partial charge in [0.2, 0.25) is 0 Å². The summed E-state index contributed by atoms with van der Waals surface area (Å²) in [4.78, 5) is 2.50. The molecule has 0 amide bonds. The third-order valence-corrected chi connectivity index (χ3v) is 19.7. The monoisotopic (exact) mass is 884 g/mol. The average molecular weight is 885 g/mol. The highest BCUT2D eigenvalue weighted by Crippen LogP contribution is 2.52. The fraction of sp³-hybridized carbons (Fsp3) is 0.0462. The summed E-state index contributed by atoms with van der Waals surface area (Å²) in [5.41, 5.74) is 14.5. The molecule has 1 aliphatic rings. The van der Waals surface area contributed by atoms with Crippen LogP contribution >= 0.6 is 0 Å². The van der Waals surface area contributed by atoms with Gasteiger partial charge in [-0.1, -0.05) is 214 Å². The Hall–Kier alpha value is -8.24. The molecule has 322 valence electrons. The lowest BCUT2D eigenvalue weighted by atomic mass is 9.82. The molecule has 0 N–H and O–H groups in total. The fourth-order valence-electron chi connectivity index (χ4n) is 11.7. The van der Waals surface area contributed by atoms with E-state index in [2.05, 4.69) is 278 Å². The minimum atomic E-state index is -2.74. The van der Waals surface area contributed by atoms with Gasteiger partial charge in [0.05, 0.1) is 16.7 Å². The molecule has 1 heterocycles. The molecule has 68 heavy (non-hydrogen) atoms. The van der Waals surface area contributed by atoms with Crippen LogP contribution in [0.15, 0.2) is 255 Å². The Balaban J connectivity index is 1.00. The van der Waals surface area contributed by atoms with Crippen LogP contribution < -0.4 is 25.6 Å². The van der Waals surface area contributed by atoms with Gasteiger partial charge in [0.25, 0.3) is 0 Å². The van der Waals surface area contributed by atoms with Gasteiger partial charge in [-0.15, -0.1) is 0 Å². The molecule has 0 spiro atoms. The van der Waals surface area contributed by atoms with Crippen LogP contribution in [0.1, 0.15) is 25.0 Å². The van der Waals surface area contributed by atoms with Crippen LogP contribution in [0, 0.1) is 0 Å². The SMILES string of the molecule is CC1(C)c2cc(N(c3ccc(-c4ccccc4)cc3)c3ccc4c5c3ccc3cccc(c35)n4-c3ccccc3)ccc2-c2ccc([Si](c3ccccc3)(c3ccccc3)c3ccccc3)cc21. The molecule has 0 fully saturated rings. The second kappa shape index (κ2) is 15.7. The summed E-state index contributed by atoms with van der Waals surface area (Å²) in [6.45, 7) is 4.86. The van der Waals surface area contributed by atoms with Crippen molar-refractivity contribution in [3.8, 4) is 27.9 Å². The zero-order valence-corrected chi connectivity index (χ0v) is 39.1. The predicted molar refractivity (Wildman–Crippen MR) is 291 cm³/mol. The largest absolute Gasteiger partial charge is 0.310 e. The number of hydrogen-bond donors (Lipinski definition) is 0. The number of hydrogen-bond acceptors (Lipinski definition) is 1. The number of fused-ring (bicyclic) bond motifs is 3. The molecule has 0 atom stereocenters. The van der Waals surface area contributed by atoms with Crippen molar-refractivity contribution in [2.24, 2.45) is 0 Å². The highest BCUT2D eigenvalue weighted by molar-refractivity contribution is 7.19. The van der Waals surface area contributed by atoms with E-state index >= 15 is 0 Å². The maximum atomic E-state index is 2.58. The van der Waals surface area contributed by atoms with Crippen LogP contribution in [0.2, 0.25) is 0 Å². The van der Waals surface area contributed by atoms with E-state index in [1.807, 2.05) is 0 Å². The van der Waals surface area contributed by atoms with Crippen molar-refractivity contribution >= 4 is 78.5 Å². The fourth-order valence-corrected chi connectivity index (χ4v) is 16.5. The lowest BCUT2D eigenvalue weighted by Gasteiger charge is -2.35. The molecule has 3 heteroatoms.